The fraction of sp³-hybridized carbons (Fsp3) is 0.263. The topological polar surface area (TPSA) is 78.4 Å². The highest BCUT2D eigenvalue weighted by Crippen LogP contribution is 2.30. The minimum Gasteiger partial charge on any atom is -0.507 e. The largest absolute Gasteiger partial charge is 0.507 e. The van der Waals surface area contributed by atoms with E-state index in [4.69, 9.17) is 0 Å². The number of carbonyl (C=O) groups is 2. The number of aromatic hydroxyl groups is 1. The Morgan fingerprint density at radius 1 is 1.08 bits per heavy atom. The number of hydrogen-bond donors (Lipinski definition) is 3. The van der Waals surface area contributed by atoms with Gasteiger partial charge in [-0.15, -0.1) is 0 Å². The Kier molecular flexibility index (Phi) is 4.51. The zero-order valence-corrected chi connectivity index (χ0v) is 13.5. The monoisotopic (exact) mass is 324 g/mol. The first kappa shape index (κ1) is 16.1. The fourth-order valence-corrected chi connectivity index (χ4v) is 2.47. The summed E-state index contributed by atoms with van der Waals surface area (Å²) >= 11 is 0. The average Bonchev–Trinajstić information content (AvgIpc) is 3.40. The Morgan fingerprint density at radius 3 is 2.38 bits per heavy atom. The van der Waals surface area contributed by atoms with E-state index in [2.05, 4.69) is 10.6 Å². The van der Waals surface area contributed by atoms with Gasteiger partial charge < -0.3 is 15.7 Å². The van der Waals surface area contributed by atoms with Crippen molar-refractivity contribution in [1.29, 1.82) is 0 Å². The fourth-order valence-electron chi connectivity index (χ4n) is 2.47. The molecular formula is C19H20N2O3. The van der Waals surface area contributed by atoms with Crippen LogP contribution in [0.2, 0.25) is 0 Å². The maximum Gasteiger partial charge on any atom is 0.255 e. The van der Waals surface area contributed by atoms with Gasteiger partial charge in [0.25, 0.3) is 5.91 Å². The molecule has 2 aromatic rings. The van der Waals surface area contributed by atoms with E-state index in [1.165, 1.54) is 6.07 Å². The second kappa shape index (κ2) is 6.74. The van der Waals surface area contributed by atoms with E-state index in [1.54, 1.807) is 18.2 Å². The Hall–Kier alpha value is -2.82. The van der Waals surface area contributed by atoms with Crippen LogP contribution >= 0.6 is 0 Å². The van der Waals surface area contributed by atoms with Gasteiger partial charge in [0.05, 0.1) is 11.6 Å². The molecule has 0 aliphatic heterocycles. The zero-order chi connectivity index (χ0) is 17.1. The van der Waals surface area contributed by atoms with Gasteiger partial charge in [0.1, 0.15) is 5.75 Å². The van der Waals surface area contributed by atoms with Crippen molar-refractivity contribution in [2.24, 2.45) is 5.92 Å². The number of carbonyl (C=O) groups excluding carboxylic acids is 2. The quantitative estimate of drug-likeness (QED) is 0.790. The summed E-state index contributed by atoms with van der Waals surface area (Å²) in [7, 11) is 0. The molecule has 1 saturated carbocycles. The molecular weight excluding hydrogens is 304 g/mol. The molecule has 3 rings (SSSR count). The van der Waals surface area contributed by atoms with Crippen molar-refractivity contribution in [3.05, 3.63) is 59.7 Å². The number of phenolic OH excluding ortho intramolecular Hbond substituents is 1. The first-order chi connectivity index (χ1) is 11.5. The summed E-state index contributed by atoms with van der Waals surface area (Å²) in [6.45, 7) is 1.87. The lowest BCUT2D eigenvalue weighted by atomic mass is 10.1. The molecule has 124 valence electrons. The van der Waals surface area contributed by atoms with Crippen LogP contribution in [0.25, 0.3) is 0 Å². The summed E-state index contributed by atoms with van der Waals surface area (Å²) in [5.74, 6) is -0.128. The van der Waals surface area contributed by atoms with Gasteiger partial charge in [-0.3, -0.25) is 9.59 Å². The summed E-state index contributed by atoms with van der Waals surface area (Å²) in [6.07, 6.45) is 1.94. The van der Waals surface area contributed by atoms with Crippen LogP contribution < -0.4 is 10.6 Å². The number of para-hydroxylation sites is 1. The van der Waals surface area contributed by atoms with E-state index < -0.39 is 0 Å². The predicted molar refractivity (Wildman–Crippen MR) is 91.8 cm³/mol. The summed E-state index contributed by atoms with van der Waals surface area (Å²) < 4.78 is 0. The molecule has 0 aromatic heterocycles. The van der Waals surface area contributed by atoms with Gasteiger partial charge in [0, 0.05) is 11.6 Å². The van der Waals surface area contributed by atoms with Gasteiger partial charge in [-0.25, -0.2) is 0 Å². The molecule has 5 nitrogen and oxygen atoms in total. The zero-order valence-electron chi connectivity index (χ0n) is 13.5. The van der Waals surface area contributed by atoms with E-state index in [1.807, 2.05) is 31.2 Å². The lowest BCUT2D eigenvalue weighted by Crippen LogP contribution is -2.26. The predicted octanol–water partition coefficient (Wildman–Crippen LogP) is 3.23. The third-order valence-electron chi connectivity index (χ3n) is 4.12. The number of amides is 2. The van der Waals surface area contributed by atoms with Crippen LogP contribution in [0.4, 0.5) is 5.69 Å². The molecule has 3 N–H and O–H groups in total. The number of anilines is 1. The van der Waals surface area contributed by atoms with E-state index >= 15 is 0 Å². The molecule has 1 unspecified atom stereocenters. The lowest BCUT2D eigenvalue weighted by Gasteiger charge is -2.15. The maximum absolute atomic E-state index is 12.2. The van der Waals surface area contributed by atoms with Gasteiger partial charge in [-0.05, 0) is 49.6 Å². The smallest absolute Gasteiger partial charge is 0.255 e. The third-order valence-corrected chi connectivity index (χ3v) is 4.12. The molecule has 1 fully saturated rings. The maximum atomic E-state index is 12.2. The van der Waals surface area contributed by atoms with Crippen molar-refractivity contribution in [3.63, 3.8) is 0 Å². The Labute approximate surface area is 140 Å². The number of rotatable bonds is 5. The van der Waals surface area contributed by atoms with Crippen molar-refractivity contribution in [2.45, 2.75) is 25.8 Å². The van der Waals surface area contributed by atoms with Crippen molar-refractivity contribution in [1.82, 2.24) is 5.32 Å². The molecule has 1 aliphatic rings. The highest BCUT2D eigenvalue weighted by atomic mass is 16.3. The van der Waals surface area contributed by atoms with E-state index in [0.717, 1.165) is 24.1 Å². The Bertz CT molecular complexity index is 751. The van der Waals surface area contributed by atoms with Crippen LogP contribution in [0, 0.1) is 5.92 Å². The van der Waals surface area contributed by atoms with Crippen molar-refractivity contribution < 1.29 is 14.7 Å². The van der Waals surface area contributed by atoms with Crippen LogP contribution in [-0.4, -0.2) is 16.9 Å². The number of benzene rings is 2. The summed E-state index contributed by atoms with van der Waals surface area (Å²) in [4.78, 5) is 24.0. The van der Waals surface area contributed by atoms with E-state index in [0.29, 0.717) is 0 Å². The summed E-state index contributed by atoms with van der Waals surface area (Å²) in [5.41, 5.74) is 1.93. The standard InChI is InChI=1S/C19H20N2O3/c1-12(20-19(24)16-4-2-3-5-17(16)22)13-8-10-15(11-9-13)21-18(23)14-6-7-14/h2-5,8-12,14,22H,6-7H2,1H3,(H,20,24)(H,21,23). The number of hydrogen-bond acceptors (Lipinski definition) is 3. The van der Waals surface area contributed by atoms with Crippen molar-refractivity contribution in [3.8, 4) is 5.75 Å². The average molecular weight is 324 g/mol. The first-order valence-electron chi connectivity index (χ1n) is 8.04. The van der Waals surface area contributed by atoms with Crippen molar-refractivity contribution in [2.75, 3.05) is 5.32 Å². The molecule has 2 aromatic carbocycles. The van der Waals surface area contributed by atoms with Crippen LogP contribution in [0.15, 0.2) is 48.5 Å². The van der Waals surface area contributed by atoms with Crippen LogP contribution in [0.5, 0.6) is 5.75 Å². The van der Waals surface area contributed by atoms with Gasteiger partial charge >= 0.3 is 0 Å². The molecule has 1 aliphatic carbocycles. The highest BCUT2D eigenvalue weighted by Gasteiger charge is 2.29. The minimum absolute atomic E-state index is 0.0414. The molecule has 1 atom stereocenters. The van der Waals surface area contributed by atoms with Crippen LogP contribution in [-0.2, 0) is 4.79 Å². The van der Waals surface area contributed by atoms with Crippen LogP contribution in [0.1, 0.15) is 41.7 Å². The van der Waals surface area contributed by atoms with Crippen LogP contribution in [0.3, 0.4) is 0 Å². The number of phenols is 1. The molecule has 2 amide bonds. The van der Waals surface area contributed by atoms with Crippen molar-refractivity contribution >= 4 is 17.5 Å². The normalized spacial score (nSPS) is 14.7. The second-order valence-electron chi connectivity index (χ2n) is 6.10. The molecule has 0 radical (unpaired) electrons. The summed E-state index contributed by atoms with van der Waals surface area (Å²) in [6, 6.07) is 13.6. The SMILES string of the molecule is CC(NC(=O)c1ccccc1O)c1ccc(NC(=O)C2CC2)cc1. The van der Waals surface area contributed by atoms with Gasteiger partial charge in [0.15, 0.2) is 0 Å². The lowest BCUT2D eigenvalue weighted by molar-refractivity contribution is -0.117. The molecule has 24 heavy (non-hydrogen) atoms. The number of nitrogens with one attached hydrogen (secondary N) is 2. The minimum atomic E-state index is -0.327. The molecule has 0 saturated heterocycles. The van der Waals surface area contributed by atoms with Gasteiger partial charge in [-0.1, -0.05) is 24.3 Å². The first-order valence-corrected chi connectivity index (χ1v) is 8.04. The molecule has 0 bridgehead atoms. The molecule has 0 heterocycles. The van der Waals surface area contributed by atoms with E-state index in [-0.39, 0.29) is 35.1 Å². The highest BCUT2D eigenvalue weighted by molar-refractivity contribution is 5.97. The molecule has 0 spiro atoms. The Morgan fingerprint density at radius 2 is 1.75 bits per heavy atom. The second-order valence-corrected chi connectivity index (χ2v) is 6.10. The van der Waals surface area contributed by atoms with E-state index in [9.17, 15) is 14.7 Å². The third kappa shape index (κ3) is 3.74. The Balaban J connectivity index is 1.62. The van der Waals surface area contributed by atoms with Gasteiger partial charge in [-0.2, -0.15) is 0 Å². The molecule has 5 heteroatoms. The summed E-state index contributed by atoms with van der Waals surface area (Å²) in [5, 5.41) is 15.5. The van der Waals surface area contributed by atoms with Gasteiger partial charge in [0.2, 0.25) is 5.91 Å².